The van der Waals surface area contributed by atoms with E-state index in [0.29, 0.717) is 215 Å². The zero-order valence-corrected chi connectivity index (χ0v) is 80.5. The minimum Gasteiger partial charge on any atom is -0.378 e. The number of hydrogen-bond acceptors (Lipinski definition) is 30. The average molecular weight is 1950 g/mol. The topological polar surface area (TPSA) is 428 Å². The molecule has 33 nitrogen and oxygen atoms in total. The molecule has 0 aliphatic carbocycles. The van der Waals surface area contributed by atoms with Gasteiger partial charge in [0.1, 0.15) is 26.4 Å². The van der Waals surface area contributed by atoms with E-state index in [2.05, 4.69) is 44.6 Å². The zero-order valence-electron chi connectivity index (χ0n) is 78.3. The summed E-state index contributed by atoms with van der Waals surface area (Å²) in [5, 5.41) is 8.16. The van der Waals surface area contributed by atoms with Crippen LogP contribution in [0.2, 0.25) is 0 Å². The van der Waals surface area contributed by atoms with Crippen LogP contribution in [0.15, 0.2) is 154 Å². The van der Waals surface area contributed by atoms with Gasteiger partial charge in [-0.2, -0.15) is 11.6 Å². The van der Waals surface area contributed by atoms with Crippen molar-refractivity contribution in [3.63, 3.8) is 0 Å². The molecule has 133 heavy (non-hydrogen) atoms. The summed E-state index contributed by atoms with van der Waals surface area (Å²) in [6, 6.07) is 33.3. The van der Waals surface area contributed by atoms with Crippen LogP contribution in [0.25, 0.3) is 0 Å². The standard InChI is InChI=1S/2C28H35NO8S.C27H34N2O8S.C11H21NO4.CH5PS/c1-3-14-34-16-18-36-20-21-37-19-17-35-15-13-29-28(31)25-8-6-24(7-9-25)27(30)12-22-38(32,33)26-10-4-23(2)5-11-26;1-3-13-34-15-17-36-19-20-37-18-16-35-14-12-29-28(31)25-6-4-5-24(22-25)27(30)11-21-38(32,33)26-9-7-23(2)8-10-26;1-3-10-34-12-14-36-16-17-37-15-13-35-11-9-29-27(31)24-19-23(20-28-21-24)26(30)8-18-38(32,33)25-6-4-22(2)5-7-25;1-2-4-13-6-8-15-10-11-16-9-7-14-5-3-12;1-2-3/h1,4-11H,12-22H2,2H3,(H,29,31);1,4-10,22H,11-21H2,2H3,(H,29,31);1,4-7,19-21H,8-18H2,2H3,(H,29,31);1H,3-12H2;3H2,1H3/i;;;;3D2. The van der Waals surface area contributed by atoms with E-state index in [1.807, 2.05) is 27.4 Å². The Balaban J connectivity index is 0.000000618. The van der Waals surface area contributed by atoms with Gasteiger partial charge in [-0.15, -0.1) is 25.7 Å². The largest absolute Gasteiger partial charge is 0.378 e. The number of ether oxygens (including phenoxy) is 16. The second-order valence-electron chi connectivity index (χ2n) is 27.7. The molecular formula is C95H130N5O28PS4. The van der Waals surface area contributed by atoms with Crippen molar-refractivity contribution in [3.05, 3.63) is 190 Å². The number of sulfone groups is 3. The predicted octanol–water partition coefficient (Wildman–Crippen LogP) is 6.94. The summed E-state index contributed by atoms with van der Waals surface area (Å²) in [6.45, 7) is 22.4. The highest BCUT2D eigenvalue weighted by molar-refractivity contribution is 7.96. The predicted molar refractivity (Wildman–Crippen MR) is 511 cm³/mol. The molecule has 6 aromatic rings. The number of pyridine rings is 1. The summed E-state index contributed by atoms with van der Waals surface area (Å²) < 4.78 is 172. The van der Waals surface area contributed by atoms with Crippen LogP contribution in [0.3, 0.4) is 0 Å². The van der Waals surface area contributed by atoms with Crippen molar-refractivity contribution in [3.8, 4) is 49.4 Å². The van der Waals surface area contributed by atoms with Gasteiger partial charge in [-0.3, -0.25) is 33.8 Å². The molecule has 0 aliphatic heterocycles. The third-order valence-electron chi connectivity index (χ3n) is 17.2. The molecule has 0 bridgehead atoms. The summed E-state index contributed by atoms with van der Waals surface area (Å²) in [5.41, 5.74) is 9.82. The van der Waals surface area contributed by atoms with Gasteiger partial charge in [-0.05, 0) is 94.2 Å². The molecule has 38 heteroatoms. The Morgan fingerprint density at radius 3 is 0.880 bits per heavy atom. The van der Waals surface area contributed by atoms with E-state index >= 15 is 0 Å². The number of terminal acetylenes is 4. The maximum atomic E-state index is 12.6. The van der Waals surface area contributed by atoms with Gasteiger partial charge in [-0.25, -0.2) is 25.3 Å². The van der Waals surface area contributed by atoms with Crippen molar-refractivity contribution in [2.45, 2.75) is 54.7 Å². The lowest BCUT2D eigenvalue weighted by Crippen LogP contribution is -2.28. The molecule has 0 atom stereocenters. The number of ketones is 3. The number of aromatic nitrogens is 1. The summed E-state index contributed by atoms with van der Waals surface area (Å²) >= 11 is -0.850. The second kappa shape index (κ2) is 78.0. The summed E-state index contributed by atoms with van der Waals surface area (Å²) in [4.78, 5) is 79.3. The van der Waals surface area contributed by atoms with Gasteiger partial charge in [0, 0.05) is 85.7 Å². The number of hydrogen-bond donors (Lipinski definition) is 4. The van der Waals surface area contributed by atoms with Crippen molar-refractivity contribution in [2.24, 2.45) is 5.73 Å². The Kier molecular flexibility index (Phi) is 68.0. The molecule has 5 aromatic carbocycles. The molecule has 0 unspecified atom stereocenters. The highest BCUT2D eigenvalue weighted by Gasteiger charge is 2.22. The molecule has 0 fully saturated rings. The number of benzene rings is 5. The fourth-order valence-corrected chi connectivity index (χ4v) is 14.0. The summed E-state index contributed by atoms with van der Waals surface area (Å²) in [6.07, 6.45) is 22.3. The normalized spacial score (nSPS) is 11.2. The monoisotopic (exact) mass is 1950 g/mol. The van der Waals surface area contributed by atoms with Crippen LogP contribution < -0.4 is 21.7 Å². The number of aryl methyl sites for hydroxylation is 3. The highest BCUT2D eigenvalue weighted by Crippen LogP contribution is 2.19. The van der Waals surface area contributed by atoms with E-state index in [-0.39, 0.29) is 131 Å². The molecule has 0 spiro atoms. The first kappa shape index (κ1) is 116. The lowest BCUT2D eigenvalue weighted by atomic mass is 10.1. The third kappa shape index (κ3) is 60.7. The number of rotatable bonds is 69. The minimum absolute atomic E-state index is 0.141. The first-order valence-corrected chi connectivity index (χ1v) is 50.0. The number of nitrogens with zero attached hydrogens (tertiary/aromatic N) is 1. The van der Waals surface area contributed by atoms with E-state index in [9.17, 15) is 54.0 Å². The van der Waals surface area contributed by atoms with Crippen molar-refractivity contribution >= 4 is 83.6 Å². The first-order valence-electron chi connectivity index (χ1n) is 43.5. The van der Waals surface area contributed by atoms with Crippen LogP contribution in [-0.4, -0.2) is 329 Å². The average Bonchev–Trinajstić information content (AvgIpc) is 0.839. The lowest BCUT2D eigenvalue weighted by molar-refractivity contribution is 0.00175. The van der Waals surface area contributed by atoms with Gasteiger partial charge < -0.3 is 97.5 Å². The quantitative estimate of drug-likeness (QED) is 0.0130. The smallest absolute Gasteiger partial charge is 0.252 e. The van der Waals surface area contributed by atoms with Crippen LogP contribution in [0.5, 0.6) is 0 Å². The molecule has 1 heterocycles. The summed E-state index contributed by atoms with van der Waals surface area (Å²) in [7, 11) is -9.87. The van der Waals surface area contributed by atoms with E-state index in [1.54, 1.807) is 66.7 Å². The van der Waals surface area contributed by atoms with Crippen molar-refractivity contribution in [2.75, 3.05) is 262 Å². The molecule has 5 N–H and O–H groups in total. The molecule has 0 radical (unpaired) electrons. The minimum atomic E-state index is -3.60. The Morgan fingerprint density at radius 1 is 0.338 bits per heavy atom. The van der Waals surface area contributed by atoms with E-state index in [0.717, 1.165) is 24.0 Å². The van der Waals surface area contributed by atoms with E-state index in [4.69, 9.17) is 109 Å². The summed E-state index contributed by atoms with van der Waals surface area (Å²) in [5.74, 6) is 6.46. The van der Waals surface area contributed by atoms with Gasteiger partial charge in [0.15, 0.2) is 46.9 Å². The third-order valence-corrected chi connectivity index (χ3v) is 22.4. The second-order valence-corrected chi connectivity index (χ2v) is 35.4. The van der Waals surface area contributed by atoms with Gasteiger partial charge in [0.05, 0.1) is 225 Å². The van der Waals surface area contributed by atoms with Gasteiger partial charge >= 0.3 is 0 Å². The number of amides is 3. The Bertz CT molecular complexity index is 4700. The van der Waals surface area contributed by atoms with Crippen molar-refractivity contribution in [1.29, 1.82) is 2.25 Å². The zero-order chi connectivity index (χ0) is 99.1. The maximum Gasteiger partial charge on any atom is 0.252 e. The molecule has 0 saturated heterocycles. The van der Waals surface area contributed by atoms with Crippen LogP contribution in [0, 0.1) is 70.1 Å². The Hall–Kier alpha value is -9.27. The number of carbonyl (C=O) groups excluding carboxylic acids is 6. The Labute approximate surface area is 793 Å². The lowest BCUT2D eigenvalue weighted by Gasteiger charge is -2.09. The number of nitrogens with two attached hydrogens (primary N) is 1. The SMILES string of the molecule is C#CCOCCOCCOCCOCCN.C#CCOCCOCCOCCOCCNC(=O)c1ccc(C(=O)CCS(=O)(=O)c2ccc(C)cc2)cc1.C#CCOCCOCCOCCOCCNC(=O)c1cccc(C(=O)CCS(=O)(=O)c2ccc(C)cc2)c1.C#CCOCCOCCOCCOCCNC(=O)c1cncc(C(=O)CCS(=O)(=O)c2ccc(C)cc2)c1.[2H]S([2H])=PC. The Morgan fingerprint density at radius 2 is 0.579 bits per heavy atom. The van der Waals surface area contributed by atoms with Crippen LogP contribution >= 0.6 is 7.36 Å². The fourth-order valence-electron chi connectivity index (χ4n) is 10.3. The van der Waals surface area contributed by atoms with Crippen molar-refractivity contribution < 1.29 is 130 Å². The molecule has 3 amide bonds. The number of carbonyl (C=O) groups is 6. The van der Waals surface area contributed by atoms with Crippen LogP contribution in [0.4, 0.5) is 0 Å². The van der Waals surface area contributed by atoms with Gasteiger partial charge in [0.2, 0.25) is 0 Å². The van der Waals surface area contributed by atoms with E-state index < -0.39 is 52.8 Å². The van der Waals surface area contributed by atoms with Gasteiger partial charge in [0.25, 0.3) is 17.7 Å². The fraction of sp³-hybridized carbons (Fsp3) is 0.484. The molecular weight excluding hydrogens is 1820 g/mol. The highest BCUT2D eigenvalue weighted by atomic mass is 32.4. The molecule has 732 valence electrons. The van der Waals surface area contributed by atoms with Gasteiger partial charge in [-0.1, -0.05) is 108 Å². The number of nitrogens with one attached hydrogen (secondary N) is 3. The molecule has 1 aromatic heterocycles. The van der Waals surface area contributed by atoms with E-state index in [1.165, 1.54) is 73.1 Å². The number of Topliss-reactive ketones (excluding diaryl/α,β-unsaturated/α-hetero) is 3. The van der Waals surface area contributed by atoms with Crippen LogP contribution in [-0.2, 0) is 117 Å². The molecule has 0 aliphatic rings. The van der Waals surface area contributed by atoms with Crippen LogP contribution in [0.1, 0.15) is 98.1 Å². The molecule has 6 rings (SSSR count). The first-order chi connectivity index (χ1) is 65.2. The maximum absolute atomic E-state index is 12.6. The van der Waals surface area contributed by atoms with Crippen molar-refractivity contribution in [1.82, 2.24) is 20.9 Å². The molecule has 0 saturated carbocycles.